The maximum atomic E-state index is 5.44. The largest absolute Gasteiger partial charge is 0.378 e. The molecule has 0 unspecified atom stereocenters. The second-order valence-corrected chi connectivity index (χ2v) is 5.40. The number of nitrogens with zero attached hydrogens (tertiary/aromatic N) is 4. The molecule has 1 aromatic carbocycles. The molecule has 112 valence electrons. The molecule has 2 aliphatic heterocycles. The van der Waals surface area contributed by atoms with E-state index in [1.54, 1.807) is 0 Å². The van der Waals surface area contributed by atoms with E-state index in [-0.39, 0.29) is 0 Å². The first kappa shape index (κ1) is 14.1. The summed E-state index contributed by atoms with van der Waals surface area (Å²) in [4.78, 5) is 14.0. The van der Waals surface area contributed by atoms with Crippen molar-refractivity contribution in [3.63, 3.8) is 0 Å². The fourth-order valence-corrected chi connectivity index (χ4v) is 2.60. The highest BCUT2D eigenvalue weighted by Crippen LogP contribution is 2.15. The molecule has 2 aliphatic rings. The van der Waals surface area contributed by atoms with Gasteiger partial charge in [0.15, 0.2) is 0 Å². The van der Waals surface area contributed by atoms with Crippen molar-refractivity contribution in [2.45, 2.75) is 12.8 Å². The first-order chi connectivity index (χ1) is 10.3. The fourth-order valence-electron chi connectivity index (χ4n) is 2.60. The molecule has 21 heavy (non-hydrogen) atoms. The second-order valence-electron chi connectivity index (χ2n) is 5.40. The number of para-hydroxylation sites is 1. The minimum atomic E-state index is 0.745. The average molecular weight is 286 g/mol. The van der Waals surface area contributed by atoms with E-state index in [9.17, 15) is 0 Å². The highest BCUT2D eigenvalue weighted by Gasteiger charge is 2.19. The van der Waals surface area contributed by atoms with Gasteiger partial charge in [-0.1, -0.05) is 18.2 Å². The lowest BCUT2D eigenvalue weighted by Gasteiger charge is -2.28. The summed E-state index contributed by atoms with van der Waals surface area (Å²) in [6.45, 7) is 4.28. The monoisotopic (exact) mass is 286 g/mol. The SMILES string of the molecule is CN1CCC/C1=N/C(=Nc1ccccc1)N1CCOCC1. The lowest BCUT2D eigenvalue weighted by molar-refractivity contribution is 0.0676. The summed E-state index contributed by atoms with van der Waals surface area (Å²) >= 11 is 0. The van der Waals surface area contributed by atoms with Crippen LogP contribution in [0.4, 0.5) is 5.69 Å². The summed E-state index contributed by atoms with van der Waals surface area (Å²) in [5.41, 5.74) is 0.948. The minimum Gasteiger partial charge on any atom is -0.378 e. The summed E-state index contributed by atoms with van der Waals surface area (Å²) in [7, 11) is 2.10. The average Bonchev–Trinajstić information content (AvgIpc) is 2.94. The topological polar surface area (TPSA) is 40.4 Å². The van der Waals surface area contributed by atoms with Crippen LogP contribution in [0.2, 0.25) is 0 Å². The Morgan fingerprint density at radius 1 is 1.10 bits per heavy atom. The Morgan fingerprint density at radius 3 is 2.52 bits per heavy atom. The number of morpholine rings is 1. The van der Waals surface area contributed by atoms with Crippen LogP contribution in [0.1, 0.15) is 12.8 Å². The molecule has 0 radical (unpaired) electrons. The number of hydrogen-bond acceptors (Lipinski definition) is 2. The summed E-state index contributed by atoms with van der Waals surface area (Å²) in [6, 6.07) is 10.0. The van der Waals surface area contributed by atoms with Gasteiger partial charge < -0.3 is 14.5 Å². The Hall–Kier alpha value is -1.88. The van der Waals surface area contributed by atoms with Crippen molar-refractivity contribution in [3.8, 4) is 0 Å². The van der Waals surface area contributed by atoms with Crippen LogP contribution >= 0.6 is 0 Å². The van der Waals surface area contributed by atoms with E-state index in [4.69, 9.17) is 14.7 Å². The van der Waals surface area contributed by atoms with Crippen LogP contribution in [0.15, 0.2) is 40.3 Å². The number of guanidine groups is 1. The first-order valence-electron chi connectivity index (χ1n) is 7.58. The Kier molecular flexibility index (Phi) is 4.50. The predicted octanol–water partition coefficient (Wildman–Crippen LogP) is 2.13. The van der Waals surface area contributed by atoms with E-state index in [1.807, 2.05) is 30.3 Å². The first-order valence-corrected chi connectivity index (χ1v) is 7.58. The van der Waals surface area contributed by atoms with Crippen molar-refractivity contribution < 1.29 is 4.74 Å². The Balaban J connectivity index is 1.88. The third-order valence-electron chi connectivity index (χ3n) is 3.84. The number of rotatable bonds is 1. The lowest BCUT2D eigenvalue weighted by Crippen LogP contribution is -2.40. The second kappa shape index (κ2) is 6.72. The van der Waals surface area contributed by atoms with Crippen molar-refractivity contribution in [3.05, 3.63) is 30.3 Å². The molecule has 0 amide bonds. The van der Waals surface area contributed by atoms with Gasteiger partial charge in [-0.2, -0.15) is 4.99 Å². The van der Waals surface area contributed by atoms with Gasteiger partial charge in [-0.3, -0.25) is 0 Å². The number of ether oxygens (including phenoxy) is 1. The van der Waals surface area contributed by atoms with Crippen LogP contribution in [-0.4, -0.2) is 61.5 Å². The number of benzene rings is 1. The highest BCUT2D eigenvalue weighted by atomic mass is 16.5. The molecule has 5 heteroatoms. The normalized spacial score (nSPS) is 22.1. The van der Waals surface area contributed by atoms with E-state index in [1.165, 1.54) is 6.42 Å². The third-order valence-corrected chi connectivity index (χ3v) is 3.84. The number of likely N-dealkylation sites (tertiary alicyclic amines) is 1. The maximum Gasteiger partial charge on any atom is 0.227 e. The number of aliphatic imine (C=N–C) groups is 2. The summed E-state index contributed by atoms with van der Waals surface area (Å²) in [6.07, 6.45) is 2.21. The zero-order valence-electron chi connectivity index (χ0n) is 12.5. The van der Waals surface area contributed by atoms with E-state index < -0.39 is 0 Å². The molecule has 2 heterocycles. The van der Waals surface area contributed by atoms with Crippen molar-refractivity contribution >= 4 is 17.5 Å². The van der Waals surface area contributed by atoms with Crippen molar-refractivity contribution in [1.29, 1.82) is 0 Å². The van der Waals surface area contributed by atoms with Crippen LogP contribution in [0.25, 0.3) is 0 Å². The maximum absolute atomic E-state index is 5.44. The van der Waals surface area contributed by atoms with Crippen molar-refractivity contribution in [1.82, 2.24) is 9.80 Å². The molecule has 0 saturated carbocycles. The van der Waals surface area contributed by atoms with Gasteiger partial charge in [0.25, 0.3) is 0 Å². The molecular formula is C16H22N4O. The van der Waals surface area contributed by atoms with Gasteiger partial charge >= 0.3 is 0 Å². The highest BCUT2D eigenvalue weighted by molar-refractivity contribution is 5.97. The van der Waals surface area contributed by atoms with Crippen LogP contribution in [0.5, 0.6) is 0 Å². The van der Waals surface area contributed by atoms with E-state index in [0.717, 1.165) is 56.8 Å². The van der Waals surface area contributed by atoms with E-state index >= 15 is 0 Å². The standard InChI is InChI=1S/C16H22N4O/c1-19-9-5-8-15(19)18-16(20-10-12-21-13-11-20)17-14-6-3-2-4-7-14/h2-4,6-7H,5,8-13H2,1H3/b17-16?,18-15-. The van der Waals surface area contributed by atoms with Gasteiger partial charge in [0.2, 0.25) is 5.96 Å². The zero-order chi connectivity index (χ0) is 14.5. The van der Waals surface area contributed by atoms with Crippen LogP contribution in [0, 0.1) is 0 Å². The van der Waals surface area contributed by atoms with Gasteiger partial charge in [0.05, 0.1) is 18.9 Å². The summed E-state index contributed by atoms with van der Waals surface area (Å²) in [5.74, 6) is 1.95. The van der Waals surface area contributed by atoms with Crippen LogP contribution in [0.3, 0.4) is 0 Å². The molecule has 0 N–H and O–H groups in total. The zero-order valence-corrected chi connectivity index (χ0v) is 12.5. The van der Waals surface area contributed by atoms with Gasteiger partial charge in [-0.25, -0.2) is 4.99 Å². The lowest BCUT2D eigenvalue weighted by atomic mass is 10.3. The minimum absolute atomic E-state index is 0.745. The molecule has 5 nitrogen and oxygen atoms in total. The van der Waals surface area contributed by atoms with Gasteiger partial charge in [-0.15, -0.1) is 0 Å². The number of amidine groups is 1. The Labute approximate surface area is 125 Å². The van der Waals surface area contributed by atoms with Gasteiger partial charge in [0, 0.05) is 33.1 Å². The number of hydrogen-bond donors (Lipinski definition) is 0. The predicted molar refractivity (Wildman–Crippen MR) is 85.2 cm³/mol. The van der Waals surface area contributed by atoms with E-state index in [2.05, 4.69) is 16.8 Å². The molecule has 0 atom stereocenters. The molecular weight excluding hydrogens is 264 g/mol. The molecule has 3 rings (SSSR count). The molecule has 0 bridgehead atoms. The van der Waals surface area contributed by atoms with Crippen molar-refractivity contribution in [2.75, 3.05) is 39.9 Å². The molecule has 0 aromatic heterocycles. The molecule has 2 saturated heterocycles. The third kappa shape index (κ3) is 3.61. The summed E-state index contributed by atoms with van der Waals surface area (Å²) in [5, 5.41) is 0. The fraction of sp³-hybridized carbons (Fsp3) is 0.500. The van der Waals surface area contributed by atoms with Crippen LogP contribution < -0.4 is 0 Å². The van der Waals surface area contributed by atoms with Crippen molar-refractivity contribution in [2.24, 2.45) is 9.98 Å². The van der Waals surface area contributed by atoms with Gasteiger partial charge in [0.1, 0.15) is 5.84 Å². The summed E-state index contributed by atoms with van der Waals surface area (Å²) < 4.78 is 5.44. The molecule has 0 aliphatic carbocycles. The van der Waals surface area contributed by atoms with Gasteiger partial charge in [-0.05, 0) is 18.6 Å². The smallest absolute Gasteiger partial charge is 0.227 e. The Morgan fingerprint density at radius 2 is 1.86 bits per heavy atom. The quantitative estimate of drug-likeness (QED) is 0.586. The van der Waals surface area contributed by atoms with Crippen LogP contribution in [-0.2, 0) is 4.74 Å². The molecule has 0 spiro atoms. The molecule has 2 fully saturated rings. The van der Waals surface area contributed by atoms with E-state index in [0.29, 0.717) is 0 Å². The Bertz CT molecular complexity index is 520. The molecule has 1 aromatic rings.